The second-order valence-electron chi connectivity index (χ2n) is 5.18. The Balaban J connectivity index is 2.28. The van der Waals surface area contributed by atoms with Crippen LogP contribution in [0.2, 0.25) is 0 Å². The van der Waals surface area contributed by atoms with E-state index in [1.54, 1.807) is 0 Å². The van der Waals surface area contributed by atoms with Crippen molar-refractivity contribution in [2.45, 2.75) is 37.7 Å². The molecule has 1 aromatic carbocycles. The number of nitrogens with one attached hydrogen (secondary N) is 1. The van der Waals surface area contributed by atoms with Gasteiger partial charge in [0.25, 0.3) is 0 Å². The summed E-state index contributed by atoms with van der Waals surface area (Å²) < 4.78 is 5.14. The molecule has 0 fully saturated rings. The van der Waals surface area contributed by atoms with Gasteiger partial charge in [-0.1, -0.05) is 30.4 Å². The Labute approximate surface area is 120 Å². The third-order valence-electron chi connectivity index (χ3n) is 2.21. The zero-order valence-electron chi connectivity index (χ0n) is 11.6. The summed E-state index contributed by atoms with van der Waals surface area (Å²) in [6.07, 6.45) is 4.38. The SMILES string of the molecule is CC(C)(C)OC(=O)NCCC=Cc1ccccc1S. The zero-order valence-corrected chi connectivity index (χ0v) is 12.5. The van der Waals surface area contributed by atoms with Crippen LogP contribution in [-0.2, 0) is 4.74 Å². The third-order valence-corrected chi connectivity index (χ3v) is 2.62. The number of hydrogen-bond donors (Lipinski definition) is 2. The maximum absolute atomic E-state index is 11.4. The number of ether oxygens (including phenoxy) is 1. The normalized spacial score (nSPS) is 11.6. The molecule has 0 bridgehead atoms. The van der Waals surface area contributed by atoms with Gasteiger partial charge in [-0.2, -0.15) is 0 Å². The summed E-state index contributed by atoms with van der Waals surface area (Å²) in [6, 6.07) is 7.87. The lowest BCUT2D eigenvalue weighted by Gasteiger charge is -2.19. The molecule has 0 heterocycles. The maximum atomic E-state index is 11.4. The highest BCUT2D eigenvalue weighted by Gasteiger charge is 2.15. The lowest BCUT2D eigenvalue weighted by atomic mass is 10.2. The van der Waals surface area contributed by atoms with Crippen molar-refractivity contribution in [3.05, 3.63) is 35.9 Å². The van der Waals surface area contributed by atoms with E-state index in [9.17, 15) is 4.79 Å². The minimum atomic E-state index is -0.453. The number of amides is 1. The Kier molecular flexibility index (Phi) is 5.96. The Hall–Kier alpha value is -1.42. The first kappa shape index (κ1) is 15.6. The molecule has 0 atom stereocenters. The molecule has 0 saturated carbocycles. The molecule has 0 spiro atoms. The van der Waals surface area contributed by atoms with Crippen LogP contribution >= 0.6 is 12.6 Å². The maximum Gasteiger partial charge on any atom is 0.407 e. The van der Waals surface area contributed by atoms with Gasteiger partial charge in [0, 0.05) is 11.4 Å². The van der Waals surface area contributed by atoms with Gasteiger partial charge >= 0.3 is 6.09 Å². The first-order chi connectivity index (χ1) is 8.88. The van der Waals surface area contributed by atoms with E-state index in [1.807, 2.05) is 57.2 Å². The molecule has 0 unspecified atom stereocenters. The summed E-state index contributed by atoms with van der Waals surface area (Å²) in [5.74, 6) is 0. The van der Waals surface area contributed by atoms with Crippen molar-refractivity contribution < 1.29 is 9.53 Å². The van der Waals surface area contributed by atoms with Crippen molar-refractivity contribution in [2.24, 2.45) is 0 Å². The molecular weight excluding hydrogens is 258 g/mol. The first-order valence-corrected chi connectivity index (χ1v) is 6.74. The molecule has 0 aliphatic rings. The standard InChI is InChI=1S/C15H21NO2S/c1-15(2,3)18-14(17)16-11-7-6-9-12-8-4-5-10-13(12)19/h4-6,8-10,19H,7,11H2,1-3H3,(H,16,17). The molecule has 104 valence electrons. The number of carbonyl (C=O) groups excluding carboxylic acids is 1. The van der Waals surface area contributed by atoms with E-state index < -0.39 is 5.60 Å². The van der Waals surface area contributed by atoms with Gasteiger partial charge in [-0.05, 0) is 38.8 Å². The van der Waals surface area contributed by atoms with Gasteiger partial charge < -0.3 is 10.1 Å². The van der Waals surface area contributed by atoms with Gasteiger partial charge in [-0.25, -0.2) is 4.79 Å². The van der Waals surface area contributed by atoms with Crippen LogP contribution in [0.3, 0.4) is 0 Å². The molecule has 0 aliphatic heterocycles. The molecule has 3 nitrogen and oxygen atoms in total. The smallest absolute Gasteiger partial charge is 0.407 e. The molecule has 4 heteroatoms. The molecule has 19 heavy (non-hydrogen) atoms. The summed E-state index contributed by atoms with van der Waals surface area (Å²) in [7, 11) is 0. The lowest BCUT2D eigenvalue weighted by molar-refractivity contribution is 0.0529. The third kappa shape index (κ3) is 6.91. The molecule has 0 aromatic heterocycles. The van der Waals surface area contributed by atoms with Crippen LogP contribution in [0.4, 0.5) is 4.79 Å². The number of rotatable bonds is 4. The Morgan fingerprint density at radius 1 is 1.37 bits per heavy atom. The second-order valence-corrected chi connectivity index (χ2v) is 5.66. The number of carbonyl (C=O) groups is 1. The van der Waals surface area contributed by atoms with Crippen LogP contribution in [0.5, 0.6) is 0 Å². The predicted octanol–water partition coefficient (Wildman–Crippen LogP) is 3.90. The largest absolute Gasteiger partial charge is 0.444 e. The van der Waals surface area contributed by atoms with Crippen LogP contribution in [0, 0.1) is 0 Å². The number of hydrogen-bond acceptors (Lipinski definition) is 3. The van der Waals surface area contributed by atoms with Crippen molar-refractivity contribution in [3.8, 4) is 0 Å². The monoisotopic (exact) mass is 279 g/mol. The summed E-state index contributed by atoms with van der Waals surface area (Å²) >= 11 is 4.36. The summed E-state index contributed by atoms with van der Waals surface area (Å²) in [5.41, 5.74) is 0.619. The summed E-state index contributed by atoms with van der Waals surface area (Å²) in [6.45, 7) is 6.09. The number of thiol groups is 1. The van der Waals surface area contributed by atoms with E-state index in [4.69, 9.17) is 4.74 Å². The van der Waals surface area contributed by atoms with Gasteiger partial charge in [-0.3, -0.25) is 0 Å². The van der Waals surface area contributed by atoms with Crippen molar-refractivity contribution in [1.82, 2.24) is 5.32 Å². The van der Waals surface area contributed by atoms with Gasteiger partial charge in [0.15, 0.2) is 0 Å². The van der Waals surface area contributed by atoms with Crippen LogP contribution in [0.1, 0.15) is 32.8 Å². The van der Waals surface area contributed by atoms with E-state index in [0.29, 0.717) is 6.54 Å². The average Bonchev–Trinajstić information content (AvgIpc) is 2.28. The fourth-order valence-corrected chi connectivity index (χ4v) is 1.65. The number of alkyl carbamates (subject to hydrolysis) is 1. The van der Waals surface area contributed by atoms with Crippen LogP contribution in [0.15, 0.2) is 35.2 Å². The fraction of sp³-hybridized carbons (Fsp3) is 0.400. The highest BCUT2D eigenvalue weighted by molar-refractivity contribution is 7.80. The van der Waals surface area contributed by atoms with E-state index in [0.717, 1.165) is 16.9 Å². The predicted molar refractivity (Wildman–Crippen MR) is 81.6 cm³/mol. The van der Waals surface area contributed by atoms with Gasteiger partial charge in [0.05, 0.1) is 0 Å². The molecule has 1 rings (SSSR count). The van der Waals surface area contributed by atoms with Crippen LogP contribution < -0.4 is 5.32 Å². The van der Waals surface area contributed by atoms with Gasteiger partial charge in [0.1, 0.15) is 5.60 Å². The molecule has 0 aliphatic carbocycles. The highest BCUT2D eigenvalue weighted by atomic mass is 32.1. The second kappa shape index (κ2) is 7.24. The van der Waals surface area contributed by atoms with Crippen LogP contribution in [0.25, 0.3) is 6.08 Å². The molecule has 0 saturated heterocycles. The van der Waals surface area contributed by atoms with Crippen LogP contribution in [-0.4, -0.2) is 18.2 Å². The zero-order chi connectivity index (χ0) is 14.3. The molecule has 0 radical (unpaired) electrons. The van der Waals surface area contributed by atoms with Crippen molar-refractivity contribution >= 4 is 24.8 Å². The Morgan fingerprint density at radius 2 is 2.05 bits per heavy atom. The lowest BCUT2D eigenvalue weighted by Crippen LogP contribution is -2.32. The van der Waals surface area contributed by atoms with E-state index in [-0.39, 0.29) is 6.09 Å². The Bertz CT molecular complexity index is 450. The molecule has 1 N–H and O–H groups in total. The minimum Gasteiger partial charge on any atom is -0.444 e. The summed E-state index contributed by atoms with van der Waals surface area (Å²) in [4.78, 5) is 12.3. The summed E-state index contributed by atoms with van der Waals surface area (Å²) in [5, 5.41) is 2.71. The van der Waals surface area contributed by atoms with E-state index >= 15 is 0 Å². The topological polar surface area (TPSA) is 38.3 Å². The number of benzene rings is 1. The molecule has 1 amide bonds. The quantitative estimate of drug-likeness (QED) is 0.648. The molecule has 1 aromatic rings. The van der Waals surface area contributed by atoms with Gasteiger partial charge in [-0.15, -0.1) is 12.6 Å². The molecular formula is C15H21NO2S. The van der Waals surface area contributed by atoms with Crippen molar-refractivity contribution in [2.75, 3.05) is 6.54 Å². The van der Waals surface area contributed by atoms with Crippen molar-refractivity contribution in [3.63, 3.8) is 0 Å². The highest BCUT2D eigenvalue weighted by Crippen LogP contribution is 2.14. The minimum absolute atomic E-state index is 0.379. The van der Waals surface area contributed by atoms with Crippen molar-refractivity contribution in [1.29, 1.82) is 0 Å². The van der Waals surface area contributed by atoms with E-state index in [1.165, 1.54) is 0 Å². The van der Waals surface area contributed by atoms with Gasteiger partial charge in [0.2, 0.25) is 0 Å². The average molecular weight is 279 g/mol. The first-order valence-electron chi connectivity index (χ1n) is 6.30. The Morgan fingerprint density at radius 3 is 2.68 bits per heavy atom. The van der Waals surface area contributed by atoms with E-state index in [2.05, 4.69) is 17.9 Å². The fourth-order valence-electron chi connectivity index (χ4n) is 1.41.